The molecule has 5 heteroatoms. The van der Waals surface area contributed by atoms with Gasteiger partial charge in [-0.2, -0.15) is 0 Å². The molecule has 0 bridgehead atoms. The smallest absolute Gasteiger partial charge is 0.315 e. The Morgan fingerprint density at radius 3 is 2.06 bits per heavy atom. The Morgan fingerprint density at radius 2 is 1.69 bits per heavy atom. The highest BCUT2D eigenvalue weighted by Gasteiger charge is 2.65. The zero-order valence-electron chi connectivity index (χ0n) is 10.3. The summed E-state index contributed by atoms with van der Waals surface area (Å²) < 4.78 is 0. The number of carbonyl (C=O) groups is 2. The summed E-state index contributed by atoms with van der Waals surface area (Å²) in [5.41, 5.74) is 0.189. The van der Waals surface area contributed by atoms with E-state index in [9.17, 15) is 9.59 Å². The van der Waals surface area contributed by atoms with E-state index in [4.69, 9.17) is 5.11 Å². The molecule has 0 spiro atoms. The molecule has 0 aliphatic heterocycles. The molecule has 0 radical (unpaired) electrons. The van der Waals surface area contributed by atoms with Crippen molar-refractivity contribution < 1.29 is 14.7 Å². The molecular weight excluding hydrogens is 208 g/mol. The van der Waals surface area contributed by atoms with E-state index in [1.807, 2.05) is 0 Å². The van der Waals surface area contributed by atoms with Gasteiger partial charge in [0.05, 0.1) is 6.42 Å². The molecule has 0 heterocycles. The molecule has 3 N–H and O–H groups in total. The minimum atomic E-state index is -0.910. The van der Waals surface area contributed by atoms with Gasteiger partial charge < -0.3 is 15.7 Å². The van der Waals surface area contributed by atoms with Gasteiger partial charge in [0.25, 0.3) is 0 Å². The van der Waals surface area contributed by atoms with E-state index in [0.717, 1.165) is 0 Å². The van der Waals surface area contributed by atoms with Crippen LogP contribution >= 0.6 is 0 Å². The standard InChI is InChI=1S/C11H20N2O3/c1-10(2)8(11(10,3)4)13-9(16)12-6-5-7(14)15/h8H,5-6H2,1-4H3,(H,14,15)(H2,12,13,16). The molecule has 0 aromatic rings. The second-order valence-corrected chi connectivity index (χ2v) is 5.42. The van der Waals surface area contributed by atoms with Gasteiger partial charge in [0.15, 0.2) is 0 Å². The highest BCUT2D eigenvalue weighted by atomic mass is 16.4. The lowest BCUT2D eigenvalue weighted by atomic mass is 10.0. The zero-order valence-corrected chi connectivity index (χ0v) is 10.3. The molecule has 1 rings (SSSR count). The van der Waals surface area contributed by atoms with Gasteiger partial charge in [-0.25, -0.2) is 4.79 Å². The van der Waals surface area contributed by atoms with Gasteiger partial charge in [-0.3, -0.25) is 4.79 Å². The fourth-order valence-electron chi connectivity index (χ4n) is 2.02. The van der Waals surface area contributed by atoms with Gasteiger partial charge >= 0.3 is 12.0 Å². The molecule has 0 unspecified atom stereocenters. The van der Waals surface area contributed by atoms with Crippen molar-refractivity contribution >= 4 is 12.0 Å². The molecule has 2 amide bonds. The first-order valence-corrected chi connectivity index (χ1v) is 5.45. The van der Waals surface area contributed by atoms with Crippen molar-refractivity contribution in [3.63, 3.8) is 0 Å². The lowest BCUT2D eigenvalue weighted by Gasteiger charge is -2.07. The number of hydrogen-bond acceptors (Lipinski definition) is 2. The second kappa shape index (κ2) is 3.96. The van der Waals surface area contributed by atoms with Gasteiger partial charge in [-0.1, -0.05) is 27.7 Å². The Morgan fingerprint density at radius 1 is 1.19 bits per heavy atom. The quantitative estimate of drug-likeness (QED) is 0.676. The SMILES string of the molecule is CC1(C)C(NC(=O)NCCC(=O)O)C1(C)C. The third kappa shape index (κ3) is 2.28. The Hall–Kier alpha value is -1.26. The number of aliphatic carboxylic acids is 1. The van der Waals surface area contributed by atoms with E-state index >= 15 is 0 Å². The van der Waals surface area contributed by atoms with Crippen molar-refractivity contribution in [1.82, 2.24) is 10.6 Å². The fourth-order valence-corrected chi connectivity index (χ4v) is 2.02. The third-order valence-corrected chi connectivity index (χ3v) is 3.92. The minimum Gasteiger partial charge on any atom is -0.481 e. The van der Waals surface area contributed by atoms with Gasteiger partial charge in [0.2, 0.25) is 0 Å². The summed E-state index contributed by atoms with van der Waals surface area (Å²) in [6, 6.07) is -0.144. The van der Waals surface area contributed by atoms with Crippen molar-refractivity contribution in [2.75, 3.05) is 6.54 Å². The summed E-state index contributed by atoms with van der Waals surface area (Å²) in [7, 11) is 0. The first-order valence-electron chi connectivity index (χ1n) is 5.45. The van der Waals surface area contributed by atoms with Crippen LogP contribution in [0.1, 0.15) is 34.1 Å². The lowest BCUT2D eigenvalue weighted by molar-refractivity contribution is -0.136. The van der Waals surface area contributed by atoms with Gasteiger partial charge in [-0.05, 0) is 10.8 Å². The number of carboxylic acid groups (broad SMARTS) is 1. The average Bonchev–Trinajstić information content (AvgIpc) is 2.47. The third-order valence-electron chi connectivity index (χ3n) is 3.92. The summed E-state index contributed by atoms with van der Waals surface area (Å²) in [5, 5.41) is 13.8. The average molecular weight is 228 g/mol. The Bertz CT molecular complexity index is 296. The molecule has 16 heavy (non-hydrogen) atoms. The highest BCUT2D eigenvalue weighted by molar-refractivity contribution is 5.76. The Labute approximate surface area is 95.6 Å². The number of urea groups is 1. The predicted molar refractivity (Wildman–Crippen MR) is 60.1 cm³/mol. The molecule has 1 aliphatic rings. The molecule has 1 saturated carbocycles. The van der Waals surface area contributed by atoms with Crippen molar-refractivity contribution in [2.45, 2.75) is 40.2 Å². The van der Waals surface area contributed by atoms with Crippen LogP contribution in [0.3, 0.4) is 0 Å². The highest BCUT2D eigenvalue weighted by Crippen LogP contribution is 2.62. The van der Waals surface area contributed by atoms with Crippen LogP contribution in [0.4, 0.5) is 4.79 Å². The van der Waals surface area contributed by atoms with E-state index in [0.29, 0.717) is 0 Å². The minimum absolute atomic E-state index is 0.0507. The van der Waals surface area contributed by atoms with E-state index < -0.39 is 5.97 Å². The van der Waals surface area contributed by atoms with Gasteiger partial charge in [-0.15, -0.1) is 0 Å². The van der Waals surface area contributed by atoms with Crippen LogP contribution in [0.5, 0.6) is 0 Å². The van der Waals surface area contributed by atoms with Crippen molar-refractivity contribution in [3.8, 4) is 0 Å². The Balaban J connectivity index is 2.29. The van der Waals surface area contributed by atoms with E-state index in [2.05, 4.69) is 38.3 Å². The molecule has 5 nitrogen and oxygen atoms in total. The topological polar surface area (TPSA) is 78.4 Å². The first kappa shape index (κ1) is 12.8. The van der Waals surface area contributed by atoms with Crippen LogP contribution in [0.2, 0.25) is 0 Å². The molecular formula is C11H20N2O3. The maximum absolute atomic E-state index is 11.4. The lowest BCUT2D eigenvalue weighted by Crippen LogP contribution is -2.39. The fraction of sp³-hybridized carbons (Fsp3) is 0.818. The number of amides is 2. The van der Waals surface area contributed by atoms with Crippen LogP contribution < -0.4 is 10.6 Å². The number of carboxylic acids is 1. The van der Waals surface area contributed by atoms with Crippen molar-refractivity contribution in [2.24, 2.45) is 10.8 Å². The van der Waals surface area contributed by atoms with Gasteiger partial charge in [0, 0.05) is 12.6 Å². The van der Waals surface area contributed by atoms with Crippen molar-refractivity contribution in [1.29, 1.82) is 0 Å². The Kier molecular flexibility index (Phi) is 3.17. The molecule has 0 saturated heterocycles. The number of rotatable bonds is 4. The maximum Gasteiger partial charge on any atom is 0.315 e. The number of hydrogen-bond donors (Lipinski definition) is 3. The number of nitrogens with one attached hydrogen (secondary N) is 2. The van der Waals surface area contributed by atoms with E-state index in [1.54, 1.807) is 0 Å². The molecule has 1 aliphatic carbocycles. The van der Waals surface area contributed by atoms with Crippen LogP contribution in [-0.2, 0) is 4.79 Å². The molecule has 92 valence electrons. The first-order chi connectivity index (χ1) is 7.19. The largest absolute Gasteiger partial charge is 0.481 e. The summed E-state index contributed by atoms with van der Waals surface area (Å²) in [6.07, 6.45) is -0.0507. The van der Waals surface area contributed by atoms with Crippen LogP contribution in [-0.4, -0.2) is 29.7 Å². The molecule has 0 aromatic carbocycles. The van der Waals surface area contributed by atoms with Crippen LogP contribution in [0.15, 0.2) is 0 Å². The normalized spacial score (nSPS) is 21.2. The second-order valence-electron chi connectivity index (χ2n) is 5.42. The maximum atomic E-state index is 11.4. The van der Waals surface area contributed by atoms with Crippen LogP contribution in [0.25, 0.3) is 0 Å². The zero-order chi connectivity index (χ0) is 12.6. The molecule has 0 aromatic heterocycles. The van der Waals surface area contributed by atoms with Crippen molar-refractivity contribution in [3.05, 3.63) is 0 Å². The molecule has 1 fully saturated rings. The molecule has 0 atom stereocenters. The number of carbonyl (C=O) groups excluding carboxylic acids is 1. The van der Waals surface area contributed by atoms with E-state index in [1.165, 1.54) is 0 Å². The summed E-state index contributed by atoms with van der Waals surface area (Å²) in [6.45, 7) is 8.59. The summed E-state index contributed by atoms with van der Waals surface area (Å²) >= 11 is 0. The summed E-state index contributed by atoms with van der Waals surface area (Å²) in [4.78, 5) is 21.7. The predicted octanol–water partition coefficient (Wildman–Crippen LogP) is 1.19. The van der Waals surface area contributed by atoms with Gasteiger partial charge in [0.1, 0.15) is 0 Å². The van der Waals surface area contributed by atoms with Crippen LogP contribution in [0, 0.1) is 10.8 Å². The van der Waals surface area contributed by atoms with E-state index in [-0.39, 0.29) is 35.9 Å². The monoisotopic (exact) mass is 228 g/mol. The summed E-state index contributed by atoms with van der Waals surface area (Å²) in [5.74, 6) is -0.910.